The van der Waals surface area contributed by atoms with E-state index in [1.165, 1.54) is 13.0 Å². The van der Waals surface area contributed by atoms with Crippen LogP contribution in [0, 0.1) is 0 Å². The Labute approximate surface area is 75.0 Å². The molecule has 0 spiro atoms. The molecular formula is C9H20N2O. The van der Waals surface area contributed by atoms with Crippen LogP contribution in [-0.2, 0) is 0 Å². The van der Waals surface area contributed by atoms with Gasteiger partial charge in [-0.2, -0.15) is 0 Å². The van der Waals surface area contributed by atoms with Gasteiger partial charge < -0.3 is 10.0 Å². The fraction of sp³-hybridized carbons (Fsp3) is 1.00. The van der Waals surface area contributed by atoms with Crippen LogP contribution in [0.4, 0.5) is 0 Å². The Hall–Kier alpha value is -0.120. The molecule has 0 aromatic rings. The third-order valence-electron chi connectivity index (χ3n) is 2.54. The van der Waals surface area contributed by atoms with Gasteiger partial charge in [-0.3, -0.25) is 4.90 Å². The molecule has 1 aliphatic heterocycles. The molecule has 1 N–H and O–H groups in total. The topological polar surface area (TPSA) is 26.7 Å². The van der Waals surface area contributed by atoms with Crippen LogP contribution >= 0.6 is 0 Å². The highest BCUT2D eigenvalue weighted by molar-refractivity contribution is 4.68. The van der Waals surface area contributed by atoms with E-state index in [1.807, 2.05) is 0 Å². The molecule has 0 unspecified atom stereocenters. The number of aliphatic hydroxyl groups is 1. The van der Waals surface area contributed by atoms with Crippen LogP contribution in [0.25, 0.3) is 0 Å². The minimum atomic E-state index is 0.298. The standard InChI is InChI=1S/C9H20N2O/c1-2-10-4-3-5-11(7-6-10)8-9-12/h12H,2-9H2,1H3. The highest BCUT2D eigenvalue weighted by Crippen LogP contribution is 2.01. The summed E-state index contributed by atoms with van der Waals surface area (Å²) in [5, 5.41) is 8.78. The van der Waals surface area contributed by atoms with Gasteiger partial charge in [0.1, 0.15) is 0 Å². The summed E-state index contributed by atoms with van der Waals surface area (Å²) in [6, 6.07) is 0. The number of hydrogen-bond donors (Lipinski definition) is 1. The van der Waals surface area contributed by atoms with Crippen LogP contribution in [-0.4, -0.2) is 60.8 Å². The molecule has 0 amide bonds. The summed E-state index contributed by atoms with van der Waals surface area (Å²) in [5.74, 6) is 0. The van der Waals surface area contributed by atoms with Gasteiger partial charge in [0.25, 0.3) is 0 Å². The van der Waals surface area contributed by atoms with Crippen LogP contribution in [0.3, 0.4) is 0 Å². The maximum atomic E-state index is 8.78. The number of rotatable bonds is 3. The van der Waals surface area contributed by atoms with Crippen LogP contribution in [0.15, 0.2) is 0 Å². The molecule has 0 saturated carbocycles. The van der Waals surface area contributed by atoms with Gasteiger partial charge in [0, 0.05) is 19.6 Å². The predicted molar refractivity (Wildman–Crippen MR) is 50.3 cm³/mol. The summed E-state index contributed by atoms with van der Waals surface area (Å²) in [4.78, 5) is 4.81. The van der Waals surface area contributed by atoms with Gasteiger partial charge in [0.15, 0.2) is 0 Å². The molecule has 1 rings (SSSR count). The third-order valence-corrected chi connectivity index (χ3v) is 2.54. The predicted octanol–water partition coefficient (Wildman–Crippen LogP) is 0.00630. The Bertz CT molecular complexity index is 119. The van der Waals surface area contributed by atoms with Gasteiger partial charge in [-0.25, -0.2) is 0 Å². The maximum Gasteiger partial charge on any atom is 0.0558 e. The molecule has 3 heteroatoms. The molecule has 0 aromatic carbocycles. The van der Waals surface area contributed by atoms with Crippen molar-refractivity contribution in [3.63, 3.8) is 0 Å². The van der Waals surface area contributed by atoms with Crippen molar-refractivity contribution in [2.24, 2.45) is 0 Å². The molecule has 0 aromatic heterocycles. The first kappa shape index (κ1) is 9.96. The zero-order valence-electron chi connectivity index (χ0n) is 8.00. The number of β-amino-alcohol motifs (C(OH)–C–C–N with tert-alkyl or cyclic N) is 1. The highest BCUT2D eigenvalue weighted by Gasteiger charge is 2.11. The normalized spacial score (nSPS) is 22.5. The van der Waals surface area contributed by atoms with Crippen molar-refractivity contribution in [3.05, 3.63) is 0 Å². The Balaban J connectivity index is 2.24. The minimum Gasteiger partial charge on any atom is -0.395 e. The largest absolute Gasteiger partial charge is 0.395 e. The molecule has 72 valence electrons. The molecule has 12 heavy (non-hydrogen) atoms. The van der Waals surface area contributed by atoms with Crippen molar-refractivity contribution in [1.29, 1.82) is 0 Å². The van der Waals surface area contributed by atoms with E-state index in [-0.39, 0.29) is 0 Å². The van der Waals surface area contributed by atoms with Gasteiger partial charge in [0.2, 0.25) is 0 Å². The Morgan fingerprint density at radius 1 is 1.08 bits per heavy atom. The zero-order chi connectivity index (χ0) is 8.81. The lowest BCUT2D eigenvalue weighted by molar-refractivity contribution is 0.197. The fourth-order valence-corrected chi connectivity index (χ4v) is 1.71. The molecular weight excluding hydrogens is 152 g/mol. The molecule has 0 aliphatic carbocycles. The summed E-state index contributed by atoms with van der Waals surface area (Å²) in [6.45, 7) is 9.17. The highest BCUT2D eigenvalue weighted by atomic mass is 16.3. The van der Waals surface area contributed by atoms with Crippen molar-refractivity contribution in [2.75, 3.05) is 45.9 Å². The number of aliphatic hydroxyl groups excluding tert-OH is 1. The van der Waals surface area contributed by atoms with E-state index in [9.17, 15) is 0 Å². The summed E-state index contributed by atoms with van der Waals surface area (Å²) in [7, 11) is 0. The summed E-state index contributed by atoms with van der Waals surface area (Å²) >= 11 is 0. The van der Waals surface area contributed by atoms with E-state index in [1.54, 1.807) is 0 Å². The average Bonchev–Trinajstić information content (AvgIpc) is 2.31. The van der Waals surface area contributed by atoms with Crippen molar-refractivity contribution >= 4 is 0 Å². The molecule has 1 aliphatic rings. The first-order valence-electron chi connectivity index (χ1n) is 4.92. The Kier molecular flexibility index (Phi) is 4.58. The maximum absolute atomic E-state index is 8.78. The summed E-state index contributed by atoms with van der Waals surface area (Å²) in [5.41, 5.74) is 0. The monoisotopic (exact) mass is 172 g/mol. The SMILES string of the molecule is CCN1CCCN(CCO)CC1. The van der Waals surface area contributed by atoms with Crippen LogP contribution in [0.2, 0.25) is 0 Å². The fourth-order valence-electron chi connectivity index (χ4n) is 1.71. The first-order chi connectivity index (χ1) is 5.86. The van der Waals surface area contributed by atoms with E-state index in [0.717, 1.165) is 32.7 Å². The van der Waals surface area contributed by atoms with Crippen molar-refractivity contribution in [3.8, 4) is 0 Å². The second-order valence-electron chi connectivity index (χ2n) is 3.35. The molecule has 0 bridgehead atoms. The molecule has 0 atom stereocenters. The number of likely N-dealkylation sites (N-methyl/N-ethyl adjacent to an activating group) is 1. The molecule has 0 radical (unpaired) electrons. The lowest BCUT2D eigenvalue weighted by Crippen LogP contribution is -2.32. The van der Waals surface area contributed by atoms with Gasteiger partial charge in [-0.05, 0) is 26.1 Å². The van der Waals surface area contributed by atoms with Crippen LogP contribution in [0.1, 0.15) is 13.3 Å². The third kappa shape index (κ3) is 3.09. The summed E-state index contributed by atoms with van der Waals surface area (Å²) < 4.78 is 0. The number of hydrogen-bond acceptors (Lipinski definition) is 3. The van der Waals surface area contributed by atoms with Gasteiger partial charge >= 0.3 is 0 Å². The Morgan fingerprint density at radius 2 is 1.75 bits per heavy atom. The first-order valence-corrected chi connectivity index (χ1v) is 4.92. The van der Waals surface area contributed by atoms with E-state index in [4.69, 9.17) is 5.11 Å². The van der Waals surface area contributed by atoms with Crippen molar-refractivity contribution in [1.82, 2.24) is 9.80 Å². The van der Waals surface area contributed by atoms with Crippen molar-refractivity contribution in [2.45, 2.75) is 13.3 Å². The van der Waals surface area contributed by atoms with Crippen LogP contribution < -0.4 is 0 Å². The molecule has 3 nitrogen and oxygen atoms in total. The van der Waals surface area contributed by atoms with Gasteiger partial charge in [-0.1, -0.05) is 6.92 Å². The van der Waals surface area contributed by atoms with E-state index < -0.39 is 0 Å². The second-order valence-corrected chi connectivity index (χ2v) is 3.35. The second kappa shape index (κ2) is 5.51. The average molecular weight is 172 g/mol. The van der Waals surface area contributed by atoms with Crippen molar-refractivity contribution < 1.29 is 5.11 Å². The quantitative estimate of drug-likeness (QED) is 0.649. The van der Waals surface area contributed by atoms with Gasteiger partial charge in [0.05, 0.1) is 6.61 Å². The smallest absolute Gasteiger partial charge is 0.0558 e. The van der Waals surface area contributed by atoms with E-state index in [0.29, 0.717) is 6.61 Å². The van der Waals surface area contributed by atoms with Gasteiger partial charge in [-0.15, -0.1) is 0 Å². The lowest BCUT2D eigenvalue weighted by Gasteiger charge is -2.19. The lowest BCUT2D eigenvalue weighted by atomic mass is 10.4. The summed E-state index contributed by atoms with van der Waals surface area (Å²) in [6.07, 6.45) is 1.24. The molecule has 1 heterocycles. The van der Waals surface area contributed by atoms with E-state index >= 15 is 0 Å². The Morgan fingerprint density at radius 3 is 2.42 bits per heavy atom. The zero-order valence-corrected chi connectivity index (χ0v) is 8.00. The molecule has 1 fully saturated rings. The number of nitrogens with zero attached hydrogens (tertiary/aromatic N) is 2. The van der Waals surface area contributed by atoms with E-state index in [2.05, 4.69) is 16.7 Å². The molecule has 1 saturated heterocycles. The van der Waals surface area contributed by atoms with Crippen LogP contribution in [0.5, 0.6) is 0 Å². The minimum absolute atomic E-state index is 0.298.